The number of fused-ring (bicyclic) bond motifs is 1. The van der Waals surface area contributed by atoms with Gasteiger partial charge in [-0.15, -0.1) is 0 Å². The second kappa shape index (κ2) is 7.28. The van der Waals surface area contributed by atoms with Crippen LogP contribution in [-0.2, 0) is 12.0 Å². The van der Waals surface area contributed by atoms with Gasteiger partial charge in [-0.2, -0.15) is 0 Å². The lowest BCUT2D eigenvalue weighted by atomic mass is 9.88. The van der Waals surface area contributed by atoms with Crippen molar-refractivity contribution >= 4 is 11.0 Å². The molecule has 122 valence electrons. The van der Waals surface area contributed by atoms with Gasteiger partial charge in [-0.3, -0.25) is 0 Å². The van der Waals surface area contributed by atoms with Crippen molar-refractivity contribution in [2.75, 3.05) is 7.05 Å². The fourth-order valence-electron chi connectivity index (χ4n) is 3.46. The summed E-state index contributed by atoms with van der Waals surface area (Å²) >= 11 is 0. The van der Waals surface area contributed by atoms with Gasteiger partial charge in [0.05, 0.1) is 11.0 Å². The monoisotopic (exact) mass is 301 g/mol. The standard InChI is InChI=1S/C18H26N2.CH5N/c1-18(2,3)17-19-15-11-7-8-12-16(15)20(17)13-14-9-5-4-6-10-14;1-2/h7-8,11-12,14H,4-6,9-10,13H2,1-3H3;2H2,1H3. The van der Waals surface area contributed by atoms with Crippen LogP contribution in [0.2, 0.25) is 0 Å². The van der Waals surface area contributed by atoms with E-state index in [0.717, 1.165) is 18.0 Å². The molecule has 22 heavy (non-hydrogen) atoms. The minimum Gasteiger partial charge on any atom is -0.333 e. The molecule has 3 heteroatoms. The fraction of sp³-hybridized carbons (Fsp3) is 0.632. The summed E-state index contributed by atoms with van der Waals surface area (Å²) < 4.78 is 2.49. The van der Waals surface area contributed by atoms with E-state index >= 15 is 0 Å². The van der Waals surface area contributed by atoms with Gasteiger partial charge in [-0.25, -0.2) is 4.98 Å². The summed E-state index contributed by atoms with van der Waals surface area (Å²) in [6, 6.07) is 8.59. The summed E-state index contributed by atoms with van der Waals surface area (Å²) in [7, 11) is 1.50. The van der Waals surface area contributed by atoms with Gasteiger partial charge in [0.1, 0.15) is 5.82 Å². The number of hydrogen-bond acceptors (Lipinski definition) is 2. The Bertz CT molecular complexity index is 586. The molecule has 0 atom stereocenters. The Morgan fingerprint density at radius 3 is 2.36 bits per heavy atom. The van der Waals surface area contributed by atoms with Crippen LogP contribution in [0.1, 0.15) is 58.7 Å². The van der Waals surface area contributed by atoms with E-state index in [1.165, 1.54) is 50.5 Å². The van der Waals surface area contributed by atoms with Crippen molar-refractivity contribution in [3.8, 4) is 0 Å². The topological polar surface area (TPSA) is 43.8 Å². The van der Waals surface area contributed by atoms with E-state index in [1.807, 2.05) is 0 Å². The quantitative estimate of drug-likeness (QED) is 0.888. The summed E-state index contributed by atoms with van der Waals surface area (Å²) in [4.78, 5) is 4.91. The first kappa shape index (κ1) is 17.0. The predicted molar refractivity (Wildman–Crippen MR) is 95.1 cm³/mol. The van der Waals surface area contributed by atoms with Crippen molar-refractivity contribution in [3.63, 3.8) is 0 Å². The highest BCUT2D eigenvalue weighted by Crippen LogP contribution is 2.31. The third-order valence-corrected chi connectivity index (χ3v) is 4.49. The summed E-state index contributed by atoms with van der Waals surface area (Å²) in [6.45, 7) is 7.95. The van der Waals surface area contributed by atoms with Crippen molar-refractivity contribution in [1.82, 2.24) is 9.55 Å². The number of rotatable bonds is 2. The highest BCUT2D eigenvalue weighted by Gasteiger charge is 2.24. The van der Waals surface area contributed by atoms with Gasteiger partial charge in [-0.05, 0) is 37.9 Å². The smallest absolute Gasteiger partial charge is 0.115 e. The molecule has 0 unspecified atom stereocenters. The molecule has 3 nitrogen and oxygen atoms in total. The van der Waals surface area contributed by atoms with Crippen LogP contribution in [0.15, 0.2) is 24.3 Å². The van der Waals surface area contributed by atoms with Crippen LogP contribution >= 0.6 is 0 Å². The van der Waals surface area contributed by atoms with Crippen molar-refractivity contribution in [2.45, 2.75) is 64.8 Å². The largest absolute Gasteiger partial charge is 0.333 e. The lowest BCUT2D eigenvalue weighted by Gasteiger charge is -2.26. The maximum absolute atomic E-state index is 4.91. The normalized spacial score (nSPS) is 16.4. The van der Waals surface area contributed by atoms with Crippen LogP contribution in [0.3, 0.4) is 0 Å². The molecule has 3 rings (SSSR count). The molecule has 2 aromatic rings. The second-order valence-corrected chi connectivity index (χ2v) is 7.29. The van der Waals surface area contributed by atoms with E-state index in [-0.39, 0.29) is 5.41 Å². The molecule has 1 fully saturated rings. The van der Waals surface area contributed by atoms with Crippen molar-refractivity contribution < 1.29 is 0 Å². The van der Waals surface area contributed by atoms with Gasteiger partial charge in [0.2, 0.25) is 0 Å². The highest BCUT2D eigenvalue weighted by atomic mass is 15.1. The molecular formula is C19H31N3. The molecule has 1 aromatic carbocycles. The molecule has 0 bridgehead atoms. The number of nitrogens with zero attached hydrogens (tertiary/aromatic N) is 2. The van der Waals surface area contributed by atoms with Gasteiger partial charge in [-0.1, -0.05) is 52.2 Å². The Balaban J connectivity index is 0.000000847. The number of benzene rings is 1. The van der Waals surface area contributed by atoms with Gasteiger partial charge < -0.3 is 10.3 Å². The van der Waals surface area contributed by atoms with E-state index < -0.39 is 0 Å². The van der Waals surface area contributed by atoms with Crippen LogP contribution in [0.25, 0.3) is 11.0 Å². The number of hydrogen-bond donors (Lipinski definition) is 1. The lowest BCUT2D eigenvalue weighted by Crippen LogP contribution is -2.22. The highest BCUT2D eigenvalue weighted by molar-refractivity contribution is 5.76. The average Bonchev–Trinajstić information content (AvgIpc) is 2.90. The molecule has 1 aliphatic rings. The Morgan fingerprint density at radius 2 is 1.73 bits per heavy atom. The summed E-state index contributed by atoms with van der Waals surface area (Å²) in [5, 5.41) is 0. The number of aromatic nitrogens is 2. The Morgan fingerprint density at radius 1 is 1.09 bits per heavy atom. The number of para-hydroxylation sites is 2. The van der Waals surface area contributed by atoms with E-state index in [0.29, 0.717) is 0 Å². The molecular weight excluding hydrogens is 270 g/mol. The fourth-order valence-corrected chi connectivity index (χ4v) is 3.46. The molecule has 0 radical (unpaired) electrons. The third kappa shape index (κ3) is 3.70. The first-order valence-electron chi connectivity index (χ1n) is 8.59. The zero-order valence-corrected chi connectivity index (χ0v) is 14.6. The third-order valence-electron chi connectivity index (χ3n) is 4.49. The molecule has 0 spiro atoms. The van der Waals surface area contributed by atoms with Gasteiger partial charge in [0, 0.05) is 12.0 Å². The van der Waals surface area contributed by atoms with Crippen LogP contribution in [0.4, 0.5) is 0 Å². The molecule has 1 heterocycles. The van der Waals surface area contributed by atoms with Gasteiger partial charge in [0.25, 0.3) is 0 Å². The van der Waals surface area contributed by atoms with Gasteiger partial charge in [0.15, 0.2) is 0 Å². The van der Waals surface area contributed by atoms with Crippen LogP contribution < -0.4 is 5.73 Å². The van der Waals surface area contributed by atoms with E-state index in [4.69, 9.17) is 4.98 Å². The van der Waals surface area contributed by atoms with E-state index in [9.17, 15) is 0 Å². The van der Waals surface area contributed by atoms with Crippen LogP contribution in [0, 0.1) is 5.92 Å². The lowest BCUT2D eigenvalue weighted by molar-refractivity contribution is 0.313. The van der Waals surface area contributed by atoms with E-state index in [2.05, 4.69) is 55.3 Å². The summed E-state index contributed by atoms with van der Waals surface area (Å²) in [5.74, 6) is 2.08. The minimum absolute atomic E-state index is 0.105. The van der Waals surface area contributed by atoms with Crippen LogP contribution in [-0.4, -0.2) is 16.6 Å². The first-order chi connectivity index (χ1) is 10.6. The van der Waals surface area contributed by atoms with Gasteiger partial charge >= 0.3 is 0 Å². The van der Waals surface area contributed by atoms with Crippen molar-refractivity contribution in [1.29, 1.82) is 0 Å². The zero-order valence-electron chi connectivity index (χ0n) is 14.6. The SMILES string of the molecule is CC(C)(C)c1nc2ccccc2n1CC1CCCCC1.CN. The van der Waals surface area contributed by atoms with Crippen molar-refractivity contribution in [3.05, 3.63) is 30.1 Å². The Kier molecular flexibility index (Phi) is 5.63. The molecule has 1 aromatic heterocycles. The predicted octanol–water partition coefficient (Wildman–Crippen LogP) is 4.49. The molecule has 1 saturated carbocycles. The molecule has 0 aliphatic heterocycles. The number of nitrogens with two attached hydrogens (primary N) is 1. The zero-order chi connectivity index (χ0) is 16.2. The van der Waals surface area contributed by atoms with E-state index in [1.54, 1.807) is 0 Å². The Labute approximate surface area is 134 Å². The van der Waals surface area contributed by atoms with Crippen molar-refractivity contribution in [2.24, 2.45) is 11.7 Å². The molecule has 0 amide bonds. The molecule has 1 aliphatic carbocycles. The summed E-state index contributed by atoms with van der Waals surface area (Å²) in [6.07, 6.45) is 7.00. The molecule has 2 N–H and O–H groups in total. The van der Waals surface area contributed by atoms with Crippen LogP contribution in [0.5, 0.6) is 0 Å². The minimum atomic E-state index is 0.105. The Hall–Kier alpha value is -1.35. The maximum Gasteiger partial charge on any atom is 0.115 e. The maximum atomic E-state index is 4.91. The second-order valence-electron chi connectivity index (χ2n) is 7.29. The number of imidazole rings is 1. The average molecular weight is 301 g/mol. The molecule has 0 saturated heterocycles. The first-order valence-corrected chi connectivity index (χ1v) is 8.59. The summed E-state index contributed by atoms with van der Waals surface area (Å²) in [5.41, 5.74) is 7.06.